The van der Waals surface area contributed by atoms with E-state index in [1.807, 2.05) is 14.0 Å². The molecule has 166 valence electrons. The predicted molar refractivity (Wildman–Crippen MR) is 117 cm³/mol. The molecule has 3 N–H and O–H groups in total. The van der Waals surface area contributed by atoms with Crippen LogP contribution in [0.1, 0.15) is 56.3 Å². The number of aliphatic hydroxyl groups excluding tert-OH is 1. The van der Waals surface area contributed by atoms with Crippen molar-refractivity contribution in [1.82, 2.24) is 10.2 Å². The number of nitrogens with one attached hydrogen (secondary N) is 2. The molecule has 1 aliphatic heterocycles. The molecule has 7 heteroatoms. The highest BCUT2D eigenvalue weighted by Gasteiger charge is 2.33. The third-order valence-electron chi connectivity index (χ3n) is 6.31. The van der Waals surface area contributed by atoms with Crippen LogP contribution in [0.15, 0.2) is 18.2 Å². The Morgan fingerprint density at radius 2 is 2.03 bits per heavy atom. The lowest BCUT2D eigenvalue weighted by molar-refractivity contribution is -0.120. The highest BCUT2D eigenvalue weighted by molar-refractivity contribution is 6.00. The number of likely N-dealkylation sites (N-methyl/N-ethyl adjacent to an activating group) is 1. The van der Waals surface area contributed by atoms with E-state index < -0.39 is 0 Å². The highest BCUT2D eigenvalue weighted by Crippen LogP contribution is 2.31. The van der Waals surface area contributed by atoms with Gasteiger partial charge in [-0.2, -0.15) is 0 Å². The number of fused-ring (bicyclic) bond motifs is 1. The van der Waals surface area contributed by atoms with Gasteiger partial charge in [-0.1, -0.05) is 26.2 Å². The average Bonchev–Trinajstić information content (AvgIpc) is 2.76. The van der Waals surface area contributed by atoms with Crippen molar-refractivity contribution in [2.75, 3.05) is 32.1 Å². The van der Waals surface area contributed by atoms with Crippen LogP contribution in [0, 0.1) is 11.8 Å². The lowest BCUT2D eigenvalue weighted by Crippen LogP contribution is -2.49. The van der Waals surface area contributed by atoms with Gasteiger partial charge in [0.1, 0.15) is 11.9 Å². The van der Waals surface area contributed by atoms with Crippen LogP contribution in [0.3, 0.4) is 0 Å². The molecule has 7 nitrogen and oxygen atoms in total. The van der Waals surface area contributed by atoms with E-state index in [1.54, 1.807) is 23.1 Å². The molecule has 0 bridgehead atoms. The minimum Gasteiger partial charge on any atom is -0.488 e. The van der Waals surface area contributed by atoms with E-state index >= 15 is 0 Å². The summed E-state index contributed by atoms with van der Waals surface area (Å²) in [5.74, 6) is 0.484. The molecule has 3 atom stereocenters. The molecule has 0 spiro atoms. The van der Waals surface area contributed by atoms with Crippen molar-refractivity contribution in [2.45, 2.75) is 58.1 Å². The second-order valence-electron chi connectivity index (χ2n) is 8.72. The van der Waals surface area contributed by atoms with Gasteiger partial charge in [-0.15, -0.1) is 0 Å². The van der Waals surface area contributed by atoms with Gasteiger partial charge in [0, 0.05) is 30.6 Å². The zero-order valence-corrected chi connectivity index (χ0v) is 18.3. The Hall–Kier alpha value is -2.12. The first-order valence-electron chi connectivity index (χ1n) is 11.1. The number of rotatable bonds is 6. The molecule has 1 heterocycles. The number of hydrogen-bond donors (Lipinski definition) is 3. The minimum absolute atomic E-state index is 0.0242. The molecule has 0 aromatic heterocycles. The smallest absolute Gasteiger partial charge is 0.258 e. The normalized spacial score (nSPS) is 23.7. The van der Waals surface area contributed by atoms with Crippen LogP contribution < -0.4 is 15.4 Å². The summed E-state index contributed by atoms with van der Waals surface area (Å²) in [6, 6.07) is 4.98. The fourth-order valence-electron chi connectivity index (χ4n) is 4.35. The summed E-state index contributed by atoms with van der Waals surface area (Å²) in [5, 5.41) is 15.8. The maximum absolute atomic E-state index is 13.3. The van der Waals surface area contributed by atoms with Crippen molar-refractivity contribution in [1.29, 1.82) is 0 Å². The first-order chi connectivity index (χ1) is 14.4. The fraction of sp³-hybridized carbons (Fsp3) is 0.652. The van der Waals surface area contributed by atoms with Gasteiger partial charge in [-0.3, -0.25) is 9.59 Å². The number of anilines is 1. The van der Waals surface area contributed by atoms with Crippen LogP contribution in [0.25, 0.3) is 0 Å². The van der Waals surface area contributed by atoms with E-state index in [0.29, 0.717) is 30.1 Å². The third-order valence-corrected chi connectivity index (χ3v) is 6.31. The highest BCUT2D eigenvalue weighted by atomic mass is 16.5. The monoisotopic (exact) mass is 417 g/mol. The van der Waals surface area contributed by atoms with Gasteiger partial charge < -0.3 is 25.4 Å². The lowest BCUT2D eigenvalue weighted by atomic mass is 9.88. The Morgan fingerprint density at radius 1 is 1.30 bits per heavy atom. The van der Waals surface area contributed by atoms with Crippen molar-refractivity contribution >= 4 is 17.5 Å². The second-order valence-corrected chi connectivity index (χ2v) is 8.72. The van der Waals surface area contributed by atoms with Gasteiger partial charge in [0.15, 0.2) is 0 Å². The summed E-state index contributed by atoms with van der Waals surface area (Å²) >= 11 is 0. The molecule has 0 radical (unpaired) electrons. The Balaban J connectivity index is 1.89. The van der Waals surface area contributed by atoms with Gasteiger partial charge >= 0.3 is 0 Å². The zero-order chi connectivity index (χ0) is 21.7. The van der Waals surface area contributed by atoms with E-state index in [0.717, 1.165) is 25.7 Å². The molecular formula is C23H35N3O4. The van der Waals surface area contributed by atoms with Gasteiger partial charge in [-0.25, -0.2) is 0 Å². The van der Waals surface area contributed by atoms with E-state index in [9.17, 15) is 14.7 Å². The molecule has 1 saturated carbocycles. The lowest BCUT2D eigenvalue weighted by Gasteiger charge is -2.37. The summed E-state index contributed by atoms with van der Waals surface area (Å²) in [4.78, 5) is 27.7. The molecule has 0 saturated heterocycles. The molecule has 3 rings (SSSR count). The number of carbonyl (C=O) groups excluding carboxylic acids is 2. The fourth-order valence-corrected chi connectivity index (χ4v) is 4.35. The standard InChI is InChI=1S/C23H35N3O4/c1-15-13-26(16(2)14-27)23(29)19-11-18(9-10-20(19)30-21(15)12-24-3)25-22(28)17-7-5-4-6-8-17/h9-11,15-17,21,24,27H,4-8,12-14H2,1-3H3,(H,25,28)/t15-,16+,21-/m1/s1. The Labute approximate surface area is 179 Å². The zero-order valence-electron chi connectivity index (χ0n) is 18.3. The van der Waals surface area contributed by atoms with Gasteiger partial charge in [0.05, 0.1) is 18.2 Å². The van der Waals surface area contributed by atoms with E-state index in [1.165, 1.54) is 6.42 Å². The van der Waals surface area contributed by atoms with E-state index in [2.05, 4.69) is 17.6 Å². The van der Waals surface area contributed by atoms with E-state index in [-0.39, 0.29) is 42.4 Å². The molecule has 2 amide bonds. The topological polar surface area (TPSA) is 90.9 Å². The second kappa shape index (κ2) is 10.3. The van der Waals surface area contributed by atoms with Gasteiger partial charge in [0.2, 0.25) is 5.91 Å². The summed E-state index contributed by atoms with van der Waals surface area (Å²) in [5.41, 5.74) is 1.03. The number of benzene rings is 1. The Morgan fingerprint density at radius 3 is 2.70 bits per heavy atom. The van der Waals surface area contributed by atoms with Gasteiger partial charge in [-0.05, 0) is 45.0 Å². The predicted octanol–water partition coefficient (Wildman–Crippen LogP) is 2.64. The Bertz CT molecular complexity index is 748. The maximum atomic E-state index is 13.3. The van der Waals surface area contributed by atoms with Crippen LogP contribution in [0.4, 0.5) is 5.69 Å². The van der Waals surface area contributed by atoms with Crippen LogP contribution in [0.2, 0.25) is 0 Å². The third kappa shape index (κ3) is 5.13. The minimum atomic E-state index is -0.304. The number of amides is 2. The number of carbonyl (C=O) groups is 2. The molecular weight excluding hydrogens is 382 g/mol. The molecule has 1 fully saturated rings. The summed E-state index contributed by atoms with van der Waals surface area (Å²) in [6.45, 7) is 4.93. The number of aliphatic hydroxyl groups is 1. The molecule has 1 aromatic rings. The Kier molecular flexibility index (Phi) is 7.72. The SMILES string of the molecule is CNC[C@H]1Oc2ccc(NC(=O)C3CCCCC3)cc2C(=O)N([C@@H](C)CO)C[C@H]1C. The largest absolute Gasteiger partial charge is 0.488 e. The van der Waals surface area contributed by atoms with Crippen molar-refractivity contribution in [3.63, 3.8) is 0 Å². The summed E-state index contributed by atoms with van der Waals surface area (Å²) in [6.07, 6.45) is 5.10. The van der Waals surface area contributed by atoms with Crippen molar-refractivity contribution in [3.05, 3.63) is 23.8 Å². The van der Waals surface area contributed by atoms with E-state index in [4.69, 9.17) is 4.74 Å². The maximum Gasteiger partial charge on any atom is 0.258 e. The summed E-state index contributed by atoms with van der Waals surface area (Å²) in [7, 11) is 1.87. The van der Waals surface area contributed by atoms with Crippen LogP contribution in [-0.4, -0.2) is 60.7 Å². The molecule has 2 aliphatic rings. The van der Waals surface area contributed by atoms with Crippen LogP contribution >= 0.6 is 0 Å². The first kappa shape index (κ1) is 22.6. The van der Waals surface area contributed by atoms with Gasteiger partial charge in [0.25, 0.3) is 5.91 Å². The van der Waals surface area contributed by atoms with Crippen LogP contribution in [-0.2, 0) is 4.79 Å². The average molecular weight is 418 g/mol. The van der Waals surface area contributed by atoms with Crippen LogP contribution in [0.5, 0.6) is 5.75 Å². The molecule has 0 unspecified atom stereocenters. The summed E-state index contributed by atoms with van der Waals surface area (Å²) < 4.78 is 6.21. The number of nitrogens with zero attached hydrogens (tertiary/aromatic N) is 1. The molecule has 30 heavy (non-hydrogen) atoms. The first-order valence-corrected chi connectivity index (χ1v) is 11.1. The van der Waals surface area contributed by atoms with Crippen molar-refractivity contribution in [2.24, 2.45) is 11.8 Å². The molecule has 1 aliphatic carbocycles. The van der Waals surface area contributed by atoms with Crippen molar-refractivity contribution < 1.29 is 19.4 Å². The van der Waals surface area contributed by atoms with Crippen molar-refractivity contribution in [3.8, 4) is 5.75 Å². The number of ether oxygens (including phenoxy) is 1. The molecule has 1 aromatic carbocycles. The number of hydrogen-bond acceptors (Lipinski definition) is 5. The quantitative estimate of drug-likeness (QED) is 0.662.